The van der Waals surface area contributed by atoms with Crippen LogP contribution >= 0.6 is 11.8 Å². The van der Waals surface area contributed by atoms with Crippen molar-refractivity contribution >= 4 is 23.6 Å². The average Bonchev–Trinajstić information content (AvgIpc) is 3.05. The molecule has 106 valence electrons. The van der Waals surface area contributed by atoms with Gasteiger partial charge in [-0.3, -0.25) is 4.79 Å². The van der Waals surface area contributed by atoms with E-state index in [9.17, 15) is 14.7 Å². The van der Waals surface area contributed by atoms with Crippen LogP contribution in [0.4, 0.5) is 0 Å². The van der Waals surface area contributed by atoms with Crippen LogP contribution in [0.25, 0.3) is 0 Å². The van der Waals surface area contributed by atoms with Crippen molar-refractivity contribution in [3.63, 3.8) is 0 Å². The number of nitrogens with one attached hydrogen (secondary N) is 1. The van der Waals surface area contributed by atoms with Gasteiger partial charge in [0.25, 0.3) is 5.91 Å². The average molecular weight is 293 g/mol. The standard InChI is InChI=1S/C14H15NO4S/c16-12(15-14(13(17)18)5-6-20-8-14)11-7-9-3-1-2-4-10(9)19-11/h1-4,11H,5-8H2,(H,15,16)(H,17,18)/t11-,14+/m0/s1. The summed E-state index contributed by atoms with van der Waals surface area (Å²) in [6, 6.07) is 7.49. The van der Waals surface area contributed by atoms with Gasteiger partial charge in [0, 0.05) is 12.2 Å². The fourth-order valence-electron chi connectivity index (χ4n) is 2.53. The third-order valence-corrected chi connectivity index (χ3v) is 4.92. The van der Waals surface area contributed by atoms with Crippen LogP contribution in [0.3, 0.4) is 0 Å². The Balaban J connectivity index is 1.71. The zero-order chi connectivity index (χ0) is 14.2. The summed E-state index contributed by atoms with van der Waals surface area (Å²) in [5.74, 6) is 0.557. The molecule has 0 radical (unpaired) electrons. The minimum Gasteiger partial charge on any atom is -0.480 e. The molecule has 2 aliphatic heterocycles. The van der Waals surface area contributed by atoms with Crippen LogP contribution in [0, 0.1) is 0 Å². The molecule has 0 bridgehead atoms. The monoisotopic (exact) mass is 293 g/mol. The highest BCUT2D eigenvalue weighted by molar-refractivity contribution is 7.99. The Kier molecular flexibility index (Phi) is 3.33. The van der Waals surface area contributed by atoms with Gasteiger partial charge >= 0.3 is 5.97 Å². The number of fused-ring (bicyclic) bond motifs is 1. The zero-order valence-electron chi connectivity index (χ0n) is 10.8. The highest BCUT2D eigenvalue weighted by Gasteiger charge is 2.45. The van der Waals surface area contributed by atoms with Crippen LogP contribution < -0.4 is 10.1 Å². The summed E-state index contributed by atoms with van der Waals surface area (Å²) in [6.45, 7) is 0. The van der Waals surface area contributed by atoms with E-state index >= 15 is 0 Å². The number of carbonyl (C=O) groups is 2. The van der Waals surface area contributed by atoms with Crippen molar-refractivity contribution in [1.82, 2.24) is 5.32 Å². The quantitative estimate of drug-likeness (QED) is 0.872. The molecule has 20 heavy (non-hydrogen) atoms. The molecule has 1 fully saturated rings. The number of hydrogen-bond acceptors (Lipinski definition) is 4. The summed E-state index contributed by atoms with van der Waals surface area (Å²) in [5, 5.41) is 12.0. The maximum atomic E-state index is 12.3. The Labute approximate surface area is 120 Å². The first-order valence-electron chi connectivity index (χ1n) is 6.48. The first-order valence-corrected chi connectivity index (χ1v) is 7.64. The third-order valence-electron chi connectivity index (χ3n) is 3.73. The van der Waals surface area contributed by atoms with E-state index in [-0.39, 0.29) is 5.91 Å². The number of carboxylic acid groups (broad SMARTS) is 1. The molecule has 3 rings (SSSR count). The summed E-state index contributed by atoms with van der Waals surface area (Å²) < 4.78 is 5.59. The summed E-state index contributed by atoms with van der Waals surface area (Å²) in [7, 11) is 0. The van der Waals surface area contributed by atoms with Crippen molar-refractivity contribution in [1.29, 1.82) is 0 Å². The molecule has 1 saturated heterocycles. The van der Waals surface area contributed by atoms with E-state index in [0.717, 1.165) is 11.3 Å². The molecule has 0 spiro atoms. The lowest BCUT2D eigenvalue weighted by molar-refractivity contribution is -0.147. The van der Waals surface area contributed by atoms with Gasteiger partial charge < -0.3 is 15.2 Å². The fraction of sp³-hybridized carbons (Fsp3) is 0.429. The lowest BCUT2D eigenvalue weighted by atomic mass is 9.98. The van der Waals surface area contributed by atoms with Crippen molar-refractivity contribution in [3.05, 3.63) is 29.8 Å². The topological polar surface area (TPSA) is 75.6 Å². The van der Waals surface area contributed by atoms with Crippen molar-refractivity contribution in [2.24, 2.45) is 0 Å². The Morgan fingerprint density at radius 1 is 1.40 bits per heavy atom. The van der Waals surface area contributed by atoms with Gasteiger partial charge in [0.05, 0.1) is 0 Å². The molecule has 0 unspecified atom stereocenters. The van der Waals surface area contributed by atoms with Gasteiger partial charge in [-0.05, 0) is 23.8 Å². The molecule has 0 saturated carbocycles. The molecule has 1 aromatic carbocycles. The lowest BCUT2D eigenvalue weighted by Crippen LogP contribution is -2.57. The van der Waals surface area contributed by atoms with Gasteiger partial charge in [-0.2, -0.15) is 11.8 Å². The minimum absolute atomic E-state index is 0.342. The van der Waals surface area contributed by atoms with Crippen LogP contribution in [-0.4, -0.2) is 40.1 Å². The van der Waals surface area contributed by atoms with E-state index in [1.54, 1.807) is 11.8 Å². The number of amides is 1. The van der Waals surface area contributed by atoms with Crippen molar-refractivity contribution in [3.8, 4) is 5.75 Å². The molecule has 2 heterocycles. The van der Waals surface area contributed by atoms with Gasteiger partial charge in [0.15, 0.2) is 6.10 Å². The highest BCUT2D eigenvalue weighted by atomic mass is 32.2. The van der Waals surface area contributed by atoms with E-state index in [1.165, 1.54) is 0 Å². The second-order valence-corrected chi connectivity index (χ2v) is 6.20. The number of rotatable bonds is 3. The molecule has 0 aromatic heterocycles. The molecule has 2 aliphatic rings. The van der Waals surface area contributed by atoms with Crippen LogP contribution in [0.2, 0.25) is 0 Å². The van der Waals surface area contributed by atoms with Crippen LogP contribution in [-0.2, 0) is 16.0 Å². The smallest absolute Gasteiger partial charge is 0.330 e. The number of carboxylic acids is 1. The van der Waals surface area contributed by atoms with Gasteiger partial charge in [-0.1, -0.05) is 18.2 Å². The van der Waals surface area contributed by atoms with E-state index in [2.05, 4.69) is 5.32 Å². The molecule has 6 heteroatoms. The highest BCUT2D eigenvalue weighted by Crippen LogP contribution is 2.31. The van der Waals surface area contributed by atoms with E-state index < -0.39 is 17.6 Å². The molecule has 2 N–H and O–H groups in total. The second kappa shape index (κ2) is 5.01. The van der Waals surface area contributed by atoms with E-state index in [1.807, 2.05) is 24.3 Å². The summed E-state index contributed by atoms with van der Waals surface area (Å²) in [5.41, 5.74) is -0.155. The Hall–Kier alpha value is -1.69. The molecule has 5 nitrogen and oxygen atoms in total. The van der Waals surface area contributed by atoms with Gasteiger partial charge in [0.1, 0.15) is 11.3 Å². The number of benzene rings is 1. The minimum atomic E-state index is -1.14. The van der Waals surface area contributed by atoms with E-state index in [4.69, 9.17) is 4.74 Å². The molecule has 1 amide bonds. The normalized spacial score (nSPS) is 27.7. The third kappa shape index (κ3) is 2.24. The molecule has 1 aromatic rings. The SMILES string of the molecule is O=C(N[C@]1(C(=O)O)CCSC1)[C@@H]1Cc2ccccc2O1. The number of para-hydroxylation sites is 1. The lowest BCUT2D eigenvalue weighted by Gasteiger charge is -2.26. The molecular weight excluding hydrogens is 278 g/mol. The van der Waals surface area contributed by atoms with Gasteiger partial charge in [-0.25, -0.2) is 4.79 Å². The number of ether oxygens (including phenoxy) is 1. The van der Waals surface area contributed by atoms with E-state index in [0.29, 0.717) is 24.3 Å². The van der Waals surface area contributed by atoms with Crippen LogP contribution in [0.15, 0.2) is 24.3 Å². The maximum Gasteiger partial charge on any atom is 0.330 e. The summed E-state index contributed by atoms with van der Waals surface area (Å²) in [6.07, 6.45) is 0.317. The predicted molar refractivity (Wildman–Crippen MR) is 75.0 cm³/mol. The molecule has 2 atom stereocenters. The second-order valence-electron chi connectivity index (χ2n) is 5.10. The first kappa shape index (κ1) is 13.3. The predicted octanol–water partition coefficient (Wildman–Crippen LogP) is 1.07. The van der Waals surface area contributed by atoms with Crippen molar-refractivity contribution in [2.45, 2.75) is 24.5 Å². The van der Waals surface area contributed by atoms with Crippen molar-refractivity contribution in [2.75, 3.05) is 11.5 Å². The summed E-state index contributed by atoms with van der Waals surface area (Å²) >= 11 is 1.54. The Morgan fingerprint density at radius 2 is 2.20 bits per heavy atom. The van der Waals surface area contributed by atoms with Gasteiger partial charge in [-0.15, -0.1) is 0 Å². The number of thioether (sulfide) groups is 1. The maximum absolute atomic E-state index is 12.3. The van der Waals surface area contributed by atoms with Crippen molar-refractivity contribution < 1.29 is 19.4 Å². The number of hydrogen-bond donors (Lipinski definition) is 2. The van der Waals surface area contributed by atoms with Crippen LogP contribution in [0.5, 0.6) is 5.75 Å². The fourth-order valence-corrected chi connectivity index (χ4v) is 3.86. The summed E-state index contributed by atoms with van der Waals surface area (Å²) in [4.78, 5) is 23.7. The largest absolute Gasteiger partial charge is 0.480 e. The first-order chi connectivity index (χ1) is 9.61. The number of carbonyl (C=O) groups excluding carboxylic acids is 1. The molecule has 0 aliphatic carbocycles. The van der Waals surface area contributed by atoms with Gasteiger partial charge in [0.2, 0.25) is 0 Å². The molecular formula is C14H15NO4S. The van der Waals surface area contributed by atoms with Crippen LogP contribution in [0.1, 0.15) is 12.0 Å². The Morgan fingerprint density at radius 3 is 2.85 bits per heavy atom. The zero-order valence-corrected chi connectivity index (χ0v) is 11.6. The Bertz CT molecular complexity index is 529. The number of aliphatic carboxylic acids is 1.